The van der Waals surface area contributed by atoms with E-state index in [2.05, 4.69) is 28.2 Å². The van der Waals surface area contributed by atoms with Gasteiger partial charge in [0.05, 0.1) is 40.6 Å². The molecule has 1 aliphatic carbocycles. The molecule has 0 aromatic carbocycles. The third-order valence-electron chi connectivity index (χ3n) is 7.18. The molecule has 3 aliphatic heterocycles. The molecule has 5 heterocycles. The second kappa shape index (κ2) is 7.25. The van der Waals surface area contributed by atoms with Gasteiger partial charge in [0.1, 0.15) is 5.82 Å². The van der Waals surface area contributed by atoms with Crippen molar-refractivity contribution in [3.05, 3.63) is 22.9 Å². The van der Waals surface area contributed by atoms with E-state index in [1.165, 1.54) is 31.1 Å². The van der Waals surface area contributed by atoms with Crippen molar-refractivity contribution in [1.82, 2.24) is 14.9 Å². The van der Waals surface area contributed by atoms with Gasteiger partial charge in [-0.2, -0.15) is 0 Å². The first kappa shape index (κ1) is 20.1. The zero-order chi connectivity index (χ0) is 22.1. The molecule has 3 fully saturated rings. The van der Waals surface area contributed by atoms with Crippen LogP contribution in [-0.4, -0.2) is 58.0 Å². The predicted octanol–water partition coefficient (Wildman–Crippen LogP) is 3.20. The molecule has 4 aliphatic rings. The molecular formula is C23H27N5O3S. The summed E-state index contributed by atoms with van der Waals surface area (Å²) in [4.78, 5) is 39.9. The molecule has 32 heavy (non-hydrogen) atoms. The highest BCUT2D eigenvalue weighted by Crippen LogP contribution is 2.44. The summed E-state index contributed by atoms with van der Waals surface area (Å²) in [5.41, 5.74) is 3.46. The maximum atomic E-state index is 13.6. The number of nitrogens with one attached hydrogen (secondary N) is 1. The van der Waals surface area contributed by atoms with Crippen molar-refractivity contribution in [2.24, 2.45) is 5.92 Å². The molecule has 9 heteroatoms. The minimum absolute atomic E-state index is 0.108. The van der Waals surface area contributed by atoms with E-state index < -0.39 is 0 Å². The molecule has 1 N–H and O–H groups in total. The summed E-state index contributed by atoms with van der Waals surface area (Å²) in [5.74, 6) is 1.37. The van der Waals surface area contributed by atoms with Crippen LogP contribution in [0, 0.1) is 12.8 Å². The summed E-state index contributed by atoms with van der Waals surface area (Å²) in [6.45, 7) is 7.68. The Balaban J connectivity index is 1.44. The SMILES string of the molecule is CC(=O)Nc1nc(C)c(-c2cc3c(c(N4CC5CC4CO5)n2)C(=O)N([C@@H](C)C2CC2)C3)s1. The maximum Gasteiger partial charge on any atom is 0.258 e. The Labute approximate surface area is 191 Å². The number of hydrogen-bond donors (Lipinski definition) is 1. The molecule has 2 bridgehead atoms. The standard InChI is InChI=1S/C23H27N5O3S/c1-11-20(32-23(24-11)25-13(3)29)18-6-15-8-27(12(2)14-4-5-14)22(30)19(15)21(26-18)28-9-17-7-16(28)10-31-17/h6,12,14,16-17H,4-5,7-10H2,1-3H3,(H,24,25,29)/t12-,16?,17?/m0/s1. The number of aromatic nitrogens is 2. The van der Waals surface area contributed by atoms with Crippen LogP contribution >= 0.6 is 11.3 Å². The van der Waals surface area contributed by atoms with Crippen molar-refractivity contribution in [1.29, 1.82) is 0 Å². The first-order valence-electron chi connectivity index (χ1n) is 11.4. The van der Waals surface area contributed by atoms with Gasteiger partial charge in [-0.05, 0) is 50.7 Å². The largest absolute Gasteiger partial charge is 0.374 e. The predicted molar refractivity (Wildman–Crippen MR) is 122 cm³/mol. The third-order valence-corrected chi connectivity index (χ3v) is 8.27. The van der Waals surface area contributed by atoms with E-state index >= 15 is 0 Å². The Hall–Kier alpha value is -2.52. The monoisotopic (exact) mass is 453 g/mol. The number of fused-ring (bicyclic) bond motifs is 3. The Kier molecular flexibility index (Phi) is 4.55. The number of carbonyl (C=O) groups excluding carboxylic acids is 2. The lowest BCUT2D eigenvalue weighted by molar-refractivity contribution is -0.114. The smallest absolute Gasteiger partial charge is 0.258 e. The van der Waals surface area contributed by atoms with E-state index in [4.69, 9.17) is 9.72 Å². The highest BCUT2D eigenvalue weighted by molar-refractivity contribution is 7.19. The van der Waals surface area contributed by atoms with Gasteiger partial charge in [-0.1, -0.05) is 11.3 Å². The number of thiazole rings is 1. The number of carbonyl (C=O) groups is 2. The average Bonchev–Trinajstić information content (AvgIpc) is 3.05. The Morgan fingerprint density at radius 1 is 1.34 bits per heavy atom. The number of nitrogens with zero attached hydrogens (tertiary/aromatic N) is 4. The van der Waals surface area contributed by atoms with Crippen LogP contribution < -0.4 is 10.2 Å². The van der Waals surface area contributed by atoms with Gasteiger partial charge in [0.25, 0.3) is 5.91 Å². The quantitative estimate of drug-likeness (QED) is 0.748. The van der Waals surface area contributed by atoms with Crippen molar-refractivity contribution in [2.45, 2.75) is 64.8 Å². The number of pyridine rings is 1. The summed E-state index contributed by atoms with van der Waals surface area (Å²) in [5, 5.41) is 3.35. The molecular weight excluding hydrogens is 426 g/mol. The topological polar surface area (TPSA) is 87.7 Å². The highest BCUT2D eigenvalue weighted by Gasteiger charge is 2.45. The molecule has 0 radical (unpaired) electrons. The zero-order valence-corrected chi connectivity index (χ0v) is 19.4. The number of ether oxygens (including phenoxy) is 1. The van der Waals surface area contributed by atoms with Crippen LogP contribution in [-0.2, 0) is 16.1 Å². The fourth-order valence-electron chi connectivity index (χ4n) is 5.32. The van der Waals surface area contributed by atoms with Gasteiger partial charge >= 0.3 is 0 Å². The first-order valence-corrected chi connectivity index (χ1v) is 12.2. The number of hydrogen-bond acceptors (Lipinski definition) is 7. The van der Waals surface area contributed by atoms with Crippen LogP contribution in [0.2, 0.25) is 0 Å². The average molecular weight is 454 g/mol. The van der Waals surface area contributed by atoms with E-state index in [9.17, 15) is 9.59 Å². The number of aryl methyl sites for hydroxylation is 1. The van der Waals surface area contributed by atoms with Crippen LogP contribution in [0.5, 0.6) is 0 Å². The van der Waals surface area contributed by atoms with Gasteiger partial charge in [0.2, 0.25) is 5.91 Å². The minimum Gasteiger partial charge on any atom is -0.374 e. The van der Waals surface area contributed by atoms with Crippen molar-refractivity contribution < 1.29 is 14.3 Å². The van der Waals surface area contributed by atoms with Crippen LogP contribution in [0.25, 0.3) is 10.6 Å². The summed E-state index contributed by atoms with van der Waals surface area (Å²) >= 11 is 1.43. The molecule has 2 aromatic heterocycles. The molecule has 0 spiro atoms. The summed E-state index contributed by atoms with van der Waals surface area (Å²) in [7, 11) is 0. The van der Waals surface area contributed by atoms with Crippen molar-refractivity contribution >= 4 is 34.1 Å². The van der Waals surface area contributed by atoms with Crippen molar-refractivity contribution in [3.63, 3.8) is 0 Å². The lowest BCUT2D eigenvalue weighted by Crippen LogP contribution is -2.39. The molecule has 6 rings (SSSR count). The van der Waals surface area contributed by atoms with Crippen LogP contribution in [0.4, 0.5) is 10.9 Å². The summed E-state index contributed by atoms with van der Waals surface area (Å²) < 4.78 is 5.81. The molecule has 2 unspecified atom stereocenters. The Morgan fingerprint density at radius 2 is 2.16 bits per heavy atom. The fourth-order valence-corrected chi connectivity index (χ4v) is 6.30. The van der Waals surface area contributed by atoms with Crippen LogP contribution in [0.15, 0.2) is 6.07 Å². The summed E-state index contributed by atoms with van der Waals surface area (Å²) in [6.07, 6.45) is 3.62. The van der Waals surface area contributed by atoms with E-state index in [1.807, 2.05) is 11.8 Å². The van der Waals surface area contributed by atoms with E-state index in [0.29, 0.717) is 24.2 Å². The van der Waals surface area contributed by atoms with Gasteiger partial charge in [0.15, 0.2) is 5.13 Å². The molecule has 1 saturated carbocycles. The van der Waals surface area contributed by atoms with Gasteiger partial charge in [-0.15, -0.1) is 0 Å². The fraction of sp³-hybridized carbons (Fsp3) is 0.565. The number of rotatable bonds is 5. The molecule has 168 valence electrons. The number of morpholine rings is 1. The van der Waals surface area contributed by atoms with Gasteiger partial charge < -0.3 is 19.9 Å². The lowest BCUT2D eigenvalue weighted by atomic mass is 10.1. The third kappa shape index (κ3) is 3.21. The Morgan fingerprint density at radius 3 is 2.81 bits per heavy atom. The number of amides is 2. The van der Waals surface area contributed by atoms with Gasteiger partial charge in [-0.25, -0.2) is 9.97 Å². The normalized spacial score (nSPS) is 24.9. The van der Waals surface area contributed by atoms with Gasteiger partial charge in [-0.3, -0.25) is 9.59 Å². The highest BCUT2D eigenvalue weighted by atomic mass is 32.1. The van der Waals surface area contributed by atoms with E-state index in [0.717, 1.165) is 46.2 Å². The second-order valence-electron chi connectivity index (χ2n) is 9.49. The van der Waals surface area contributed by atoms with Crippen LogP contribution in [0.3, 0.4) is 0 Å². The first-order chi connectivity index (χ1) is 15.4. The summed E-state index contributed by atoms with van der Waals surface area (Å²) in [6, 6.07) is 2.58. The lowest BCUT2D eigenvalue weighted by Gasteiger charge is -2.30. The van der Waals surface area contributed by atoms with E-state index in [-0.39, 0.29) is 30.0 Å². The second-order valence-corrected chi connectivity index (χ2v) is 10.5. The molecule has 3 atom stereocenters. The minimum atomic E-state index is -0.142. The van der Waals surface area contributed by atoms with Crippen LogP contribution in [0.1, 0.15) is 54.7 Å². The molecule has 2 aromatic rings. The van der Waals surface area contributed by atoms with Gasteiger partial charge in [0, 0.05) is 26.1 Å². The number of anilines is 2. The maximum absolute atomic E-state index is 13.6. The van der Waals surface area contributed by atoms with E-state index in [1.54, 1.807) is 0 Å². The molecule has 2 amide bonds. The van der Waals surface area contributed by atoms with Crippen molar-refractivity contribution in [2.75, 3.05) is 23.4 Å². The molecule has 2 saturated heterocycles. The molecule has 8 nitrogen and oxygen atoms in total. The zero-order valence-electron chi connectivity index (χ0n) is 18.6. The van der Waals surface area contributed by atoms with Crippen molar-refractivity contribution in [3.8, 4) is 10.6 Å². The Bertz CT molecular complexity index is 1130.